The van der Waals surface area contributed by atoms with E-state index >= 15 is 0 Å². The number of rotatable bonds is 3. The SMILES string of the molecule is O=C(Nc1ccc(-c2ccccc2)cc1)C(=O)N1CCN(C(=O)c2cc(F)ccc2C(F)(F)F)CC1. The molecular weight excluding hydrogens is 478 g/mol. The van der Waals surface area contributed by atoms with E-state index in [9.17, 15) is 31.9 Å². The lowest BCUT2D eigenvalue weighted by molar-refractivity contribution is -0.144. The van der Waals surface area contributed by atoms with Crippen LogP contribution in [0.15, 0.2) is 72.8 Å². The minimum Gasteiger partial charge on any atom is -0.335 e. The zero-order valence-electron chi connectivity index (χ0n) is 18.9. The van der Waals surface area contributed by atoms with Crippen LogP contribution in [0.2, 0.25) is 0 Å². The highest BCUT2D eigenvalue weighted by atomic mass is 19.4. The van der Waals surface area contributed by atoms with E-state index in [1.165, 1.54) is 4.90 Å². The summed E-state index contributed by atoms with van der Waals surface area (Å²) < 4.78 is 53.4. The van der Waals surface area contributed by atoms with Gasteiger partial charge in [0, 0.05) is 31.9 Å². The summed E-state index contributed by atoms with van der Waals surface area (Å²) in [6, 6.07) is 18.3. The van der Waals surface area contributed by atoms with Crippen molar-refractivity contribution in [3.63, 3.8) is 0 Å². The quantitative estimate of drug-likeness (QED) is 0.428. The number of halogens is 4. The number of alkyl halides is 3. The molecule has 0 unspecified atom stereocenters. The Hall–Kier alpha value is -4.21. The molecule has 0 saturated carbocycles. The van der Waals surface area contributed by atoms with Crippen LogP contribution in [0.5, 0.6) is 0 Å². The van der Waals surface area contributed by atoms with Crippen molar-refractivity contribution in [3.8, 4) is 11.1 Å². The minimum absolute atomic E-state index is 0.0540. The summed E-state index contributed by atoms with van der Waals surface area (Å²) in [7, 11) is 0. The second-order valence-corrected chi connectivity index (χ2v) is 8.17. The predicted octanol–water partition coefficient (Wildman–Crippen LogP) is 4.43. The molecule has 1 saturated heterocycles. The lowest BCUT2D eigenvalue weighted by atomic mass is 10.0. The fraction of sp³-hybridized carbons (Fsp3) is 0.192. The maximum atomic E-state index is 13.6. The molecule has 0 radical (unpaired) electrons. The molecule has 186 valence electrons. The number of anilines is 1. The van der Waals surface area contributed by atoms with Crippen LogP contribution in [0.4, 0.5) is 23.2 Å². The van der Waals surface area contributed by atoms with Crippen LogP contribution in [-0.2, 0) is 15.8 Å². The van der Waals surface area contributed by atoms with Gasteiger partial charge in [-0.25, -0.2) is 4.39 Å². The Morgan fingerprint density at radius 2 is 1.33 bits per heavy atom. The first-order valence-electron chi connectivity index (χ1n) is 11.1. The molecule has 10 heteroatoms. The number of hydrogen-bond donors (Lipinski definition) is 1. The number of amides is 3. The summed E-state index contributed by atoms with van der Waals surface area (Å²) in [5, 5.41) is 2.53. The van der Waals surface area contributed by atoms with Gasteiger partial charge in [-0.1, -0.05) is 42.5 Å². The number of nitrogens with zero attached hydrogens (tertiary/aromatic N) is 2. The second kappa shape index (κ2) is 10.2. The van der Waals surface area contributed by atoms with Gasteiger partial charge >= 0.3 is 18.0 Å². The van der Waals surface area contributed by atoms with Crippen molar-refractivity contribution >= 4 is 23.4 Å². The van der Waals surface area contributed by atoms with Crippen LogP contribution in [0, 0.1) is 5.82 Å². The third-order valence-corrected chi connectivity index (χ3v) is 5.82. The van der Waals surface area contributed by atoms with Gasteiger partial charge in [0.25, 0.3) is 5.91 Å². The van der Waals surface area contributed by atoms with E-state index in [0.29, 0.717) is 23.9 Å². The van der Waals surface area contributed by atoms with E-state index in [-0.39, 0.29) is 26.2 Å². The number of carbonyl (C=O) groups is 3. The molecule has 1 aliphatic heterocycles. The molecule has 0 aliphatic carbocycles. The molecule has 3 aromatic carbocycles. The van der Waals surface area contributed by atoms with E-state index in [0.717, 1.165) is 16.0 Å². The molecule has 6 nitrogen and oxygen atoms in total. The van der Waals surface area contributed by atoms with Crippen molar-refractivity contribution in [3.05, 3.63) is 89.7 Å². The predicted molar refractivity (Wildman–Crippen MR) is 124 cm³/mol. The molecule has 3 aromatic rings. The fourth-order valence-corrected chi connectivity index (χ4v) is 3.93. The van der Waals surface area contributed by atoms with Crippen molar-refractivity contribution in [1.29, 1.82) is 0 Å². The largest absolute Gasteiger partial charge is 0.417 e. The lowest BCUT2D eigenvalue weighted by Gasteiger charge is -2.34. The van der Waals surface area contributed by atoms with Crippen LogP contribution in [-0.4, -0.2) is 53.7 Å². The van der Waals surface area contributed by atoms with Gasteiger partial charge in [-0.15, -0.1) is 0 Å². The molecule has 1 aliphatic rings. The highest BCUT2D eigenvalue weighted by Crippen LogP contribution is 2.33. The van der Waals surface area contributed by atoms with Gasteiger partial charge in [-0.05, 0) is 41.5 Å². The number of benzene rings is 3. The zero-order chi connectivity index (χ0) is 25.9. The smallest absolute Gasteiger partial charge is 0.335 e. The summed E-state index contributed by atoms with van der Waals surface area (Å²) >= 11 is 0. The Bertz CT molecular complexity index is 1270. The molecule has 36 heavy (non-hydrogen) atoms. The zero-order valence-corrected chi connectivity index (χ0v) is 18.9. The third kappa shape index (κ3) is 5.54. The molecule has 3 amide bonds. The van der Waals surface area contributed by atoms with E-state index < -0.39 is 40.8 Å². The Morgan fingerprint density at radius 3 is 1.94 bits per heavy atom. The molecule has 0 atom stereocenters. The summed E-state index contributed by atoms with van der Waals surface area (Å²) in [5.41, 5.74) is 0.337. The van der Waals surface area contributed by atoms with Crippen LogP contribution in [0.3, 0.4) is 0 Å². The molecular formula is C26H21F4N3O3. The Balaban J connectivity index is 1.35. The van der Waals surface area contributed by atoms with E-state index in [4.69, 9.17) is 0 Å². The fourth-order valence-electron chi connectivity index (χ4n) is 3.93. The van der Waals surface area contributed by atoms with Crippen LogP contribution >= 0.6 is 0 Å². The van der Waals surface area contributed by atoms with Crippen LogP contribution < -0.4 is 5.32 Å². The second-order valence-electron chi connectivity index (χ2n) is 8.17. The van der Waals surface area contributed by atoms with E-state index in [2.05, 4.69) is 5.32 Å². The topological polar surface area (TPSA) is 69.7 Å². The van der Waals surface area contributed by atoms with Crippen molar-refractivity contribution in [2.45, 2.75) is 6.18 Å². The minimum atomic E-state index is -4.83. The average Bonchev–Trinajstić information content (AvgIpc) is 2.88. The molecule has 1 fully saturated rings. The van der Waals surface area contributed by atoms with Gasteiger partial charge in [-0.3, -0.25) is 14.4 Å². The van der Waals surface area contributed by atoms with E-state index in [1.54, 1.807) is 24.3 Å². The number of hydrogen-bond acceptors (Lipinski definition) is 3. The first kappa shape index (κ1) is 24.9. The number of piperazine rings is 1. The van der Waals surface area contributed by atoms with Crippen LogP contribution in [0.25, 0.3) is 11.1 Å². The molecule has 4 rings (SSSR count). The summed E-state index contributed by atoms with van der Waals surface area (Å²) in [6.07, 6.45) is -4.83. The van der Waals surface area contributed by atoms with Crippen molar-refractivity contribution in [2.24, 2.45) is 0 Å². The van der Waals surface area contributed by atoms with Crippen molar-refractivity contribution < 1.29 is 31.9 Å². The van der Waals surface area contributed by atoms with Gasteiger partial charge in [0.2, 0.25) is 0 Å². The first-order chi connectivity index (χ1) is 17.1. The number of nitrogens with one attached hydrogen (secondary N) is 1. The summed E-state index contributed by atoms with van der Waals surface area (Å²) in [5.74, 6) is -3.65. The first-order valence-corrected chi connectivity index (χ1v) is 11.1. The highest BCUT2D eigenvalue weighted by molar-refractivity contribution is 6.39. The maximum Gasteiger partial charge on any atom is 0.417 e. The normalized spacial score (nSPS) is 13.9. The molecule has 0 spiro atoms. The summed E-state index contributed by atoms with van der Waals surface area (Å²) in [6.45, 7) is -0.307. The van der Waals surface area contributed by atoms with Gasteiger partial charge in [0.15, 0.2) is 0 Å². The maximum absolute atomic E-state index is 13.6. The van der Waals surface area contributed by atoms with Gasteiger partial charge < -0.3 is 15.1 Å². The Kier molecular flexibility index (Phi) is 7.05. The van der Waals surface area contributed by atoms with E-state index in [1.807, 2.05) is 30.3 Å². The van der Waals surface area contributed by atoms with Gasteiger partial charge in [0.05, 0.1) is 11.1 Å². The lowest BCUT2D eigenvalue weighted by Crippen LogP contribution is -2.53. The molecule has 1 N–H and O–H groups in total. The molecule has 1 heterocycles. The molecule has 0 aromatic heterocycles. The standard InChI is InChI=1S/C26H21F4N3O3/c27-19-8-11-22(26(28,29)30)21(16-19)24(35)32-12-14-33(15-13-32)25(36)23(34)31-20-9-6-18(7-10-20)17-4-2-1-3-5-17/h1-11,16H,12-15H2,(H,31,34). The number of carbonyl (C=O) groups excluding carboxylic acids is 3. The third-order valence-electron chi connectivity index (χ3n) is 5.82. The summed E-state index contributed by atoms with van der Waals surface area (Å²) in [4.78, 5) is 40.0. The Morgan fingerprint density at radius 1 is 0.750 bits per heavy atom. The van der Waals surface area contributed by atoms with Crippen molar-refractivity contribution in [1.82, 2.24) is 9.80 Å². The van der Waals surface area contributed by atoms with Crippen molar-refractivity contribution in [2.75, 3.05) is 31.5 Å². The average molecular weight is 499 g/mol. The van der Waals surface area contributed by atoms with Crippen LogP contribution in [0.1, 0.15) is 15.9 Å². The highest BCUT2D eigenvalue weighted by Gasteiger charge is 2.37. The monoisotopic (exact) mass is 499 g/mol. The Labute approximate surface area is 204 Å². The molecule has 0 bridgehead atoms. The van der Waals surface area contributed by atoms with Gasteiger partial charge in [-0.2, -0.15) is 13.2 Å². The van der Waals surface area contributed by atoms with Gasteiger partial charge in [0.1, 0.15) is 5.82 Å².